The molecule has 0 fully saturated rings. The molecule has 5 nitrogen and oxygen atoms in total. The van der Waals surface area contributed by atoms with Gasteiger partial charge in [-0.1, -0.05) is 0 Å². The molecule has 0 radical (unpaired) electrons. The summed E-state index contributed by atoms with van der Waals surface area (Å²) in [6, 6.07) is 1.62. The van der Waals surface area contributed by atoms with Gasteiger partial charge >= 0.3 is 0 Å². The molecule has 12 heavy (non-hydrogen) atoms. The average molecular weight is 163 g/mol. The van der Waals surface area contributed by atoms with E-state index in [9.17, 15) is 4.79 Å². The lowest BCUT2D eigenvalue weighted by molar-refractivity contribution is 0.0996. The Morgan fingerprint density at radius 3 is 3.08 bits per heavy atom. The van der Waals surface area contributed by atoms with Crippen LogP contribution >= 0.6 is 0 Å². The molecule has 0 unspecified atom stereocenters. The van der Waals surface area contributed by atoms with E-state index in [4.69, 9.17) is 10.2 Å². The Hall–Kier alpha value is -1.91. The molecule has 0 atom stereocenters. The standard InChI is InChI=1S/C7H5N3O2/c8-7(11)6-4-3-12-2-1-5(4)9-10-6/h1-3H,(H2,8,11). The van der Waals surface area contributed by atoms with Crippen LogP contribution in [-0.2, 0) is 0 Å². The summed E-state index contributed by atoms with van der Waals surface area (Å²) in [6.07, 6.45) is 2.86. The molecule has 0 aromatic rings. The lowest BCUT2D eigenvalue weighted by Crippen LogP contribution is -2.12. The number of primary amides is 1. The first-order valence-corrected chi connectivity index (χ1v) is 3.27. The maximum absolute atomic E-state index is 10.8. The molecule has 2 aliphatic rings. The lowest BCUT2D eigenvalue weighted by Gasteiger charge is -1.93. The molecule has 60 valence electrons. The van der Waals surface area contributed by atoms with Crippen molar-refractivity contribution in [1.29, 1.82) is 0 Å². The van der Waals surface area contributed by atoms with Crippen molar-refractivity contribution < 1.29 is 9.21 Å². The quantitative estimate of drug-likeness (QED) is 0.654. The van der Waals surface area contributed by atoms with E-state index in [0.717, 1.165) is 0 Å². The molecule has 2 heterocycles. The third-order valence-corrected chi connectivity index (χ3v) is 1.51. The summed E-state index contributed by atoms with van der Waals surface area (Å²) >= 11 is 0. The average Bonchev–Trinajstić information content (AvgIpc) is 2.47. The van der Waals surface area contributed by atoms with Gasteiger partial charge in [0.2, 0.25) is 0 Å². The van der Waals surface area contributed by atoms with Crippen molar-refractivity contribution in [3.05, 3.63) is 24.3 Å². The molecule has 0 aliphatic carbocycles. The second kappa shape index (κ2) is 2.30. The second-order valence-corrected chi connectivity index (χ2v) is 2.27. The SMILES string of the molecule is NC(=O)c1nnc2ccocc1-2. The van der Waals surface area contributed by atoms with E-state index in [2.05, 4.69) is 10.2 Å². The van der Waals surface area contributed by atoms with Crippen LogP contribution < -0.4 is 5.73 Å². The van der Waals surface area contributed by atoms with E-state index >= 15 is 0 Å². The van der Waals surface area contributed by atoms with Gasteiger partial charge in [-0.05, 0) is 0 Å². The van der Waals surface area contributed by atoms with Crippen molar-refractivity contribution >= 4 is 5.91 Å². The number of nitrogens with two attached hydrogens (primary N) is 1. The van der Waals surface area contributed by atoms with Crippen LogP contribution in [0, 0.1) is 0 Å². The third-order valence-electron chi connectivity index (χ3n) is 1.51. The Labute approximate surface area is 67.5 Å². The lowest BCUT2D eigenvalue weighted by atomic mass is 10.2. The van der Waals surface area contributed by atoms with Gasteiger partial charge in [0.05, 0.1) is 11.8 Å². The highest BCUT2D eigenvalue weighted by atomic mass is 16.3. The molecule has 2 rings (SSSR count). The van der Waals surface area contributed by atoms with Crippen molar-refractivity contribution in [3.63, 3.8) is 0 Å². The van der Waals surface area contributed by atoms with Gasteiger partial charge < -0.3 is 10.2 Å². The van der Waals surface area contributed by atoms with Crippen LogP contribution in [0.4, 0.5) is 0 Å². The molecule has 2 aliphatic heterocycles. The summed E-state index contributed by atoms with van der Waals surface area (Å²) in [4.78, 5) is 10.8. The number of amides is 1. The number of aromatic nitrogens is 2. The maximum Gasteiger partial charge on any atom is 0.270 e. The number of carbonyl (C=O) groups excluding carboxylic acids is 1. The van der Waals surface area contributed by atoms with Crippen LogP contribution in [0.3, 0.4) is 0 Å². The van der Waals surface area contributed by atoms with Crippen molar-refractivity contribution in [3.8, 4) is 11.3 Å². The Balaban J connectivity index is 2.67. The summed E-state index contributed by atoms with van der Waals surface area (Å²) in [6.45, 7) is 0. The second-order valence-electron chi connectivity index (χ2n) is 2.27. The summed E-state index contributed by atoms with van der Waals surface area (Å²) < 4.78 is 4.85. The Morgan fingerprint density at radius 2 is 2.33 bits per heavy atom. The minimum atomic E-state index is -0.598. The highest BCUT2D eigenvalue weighted by Crippen LogP contribution is 2.21. The minimum absolute atomic E-state index is 0.148. The highest BCUT2D eigenvalue weighted by molar-refractivity contribution is 5.97. The number of rotatable bonds is 1. The van der Waals surface area contributed by atoms with Crippen LogP contribution in [0.1, 0.15) is 10.5 Å². The molecule has 2 N–H and O–H groups in total. The van der Waals surface area contributed by atoms with Crippen molar-refractivity contribution in [2.24, 2.45) is 5.73 Å². The maximum atomic E-state index is 10.8. The first-order valence-electron chi connectivity index (χ1n) is 3.27. The summed E-state index contributed by atoms with van der Waals surface area (Å²) in [7, 11) is 0. The van der Waals surface area contributed by atoms with Crippen LogP contribution in [0.5, 0.6) is 0 Å². The van der Waals surface area contributed by atoms with E-state index < -0.39 is 5.91 Å². The molecule has 0 aromatic carbocycles. The number of hydrogen-bond acceptors (Lipinski definition) is 4. The van der Waals surface area contributed by atoms with Gasteiger partial charge in [-0.25, -0.2) is 0 Å². The predicted molar refractivity (Wildman–Crippen MR) is 39.4 cm³/mol. The first kappa shape index (κ1) is 6.78. The number of hydrogen-bond donors (Lipinski definition) is 1. The molecule has 1 amide bonds. The molecule has 5 heteroatoms. The molecular formula is C7H5N3O2. The van der Waals surface area contributed by atoms with Gasteiger partial charge in [0.1, 0.15) is 12.0 Å². The molecular weight excluding hydrogens is 158 g/mol. The molecule has 0 spiro atoms. The number of fused-ring (bicyclic) bond motifs is 1. The van der Waals surface area contributed by atoms with E-state index in [1.807, 2.05) is 0 Å². The zero-order valence-corrected chi connectivity index (χ0v) is 6.02. The fraction of sp³-hybridized carbons (Fsp3) is 0. The van der Waals surface area contributed by atoms with Crippen molar-refractivity contribution in [2.75, 3.05) is 0 Å². The predicted octanol–water partition coefficient (Wildman–Crippen LogP) is 0.273. The summed E-state index contributed by atoms with van der Waals surface area (Å²) in [5.41, 5.74) is 6.34. The molecule has 0 saturated heterocycles. The van der Waals surface area contributed by atoms with E-state index in [1.54, 1.807) is 6.07 Å². The van der Waals surface area contributed by atoms with Gasteiger partial charge in [-0.2, -0.15) is 0 Å². The zero-order chi connectivity index (χ0) is 8.55. The third kappa shape index (κ3) is 0.833. The van der Waals surface area contributed by atoms with Crippen LogP contribution in [0.25, 0.3) is 11.3 Å². The van der Waals surface area contributed by atoms with Gasteiger partial charge in [0, 0.05) is 6.07 Å². The molecule has 0 aromatic heterocycles. The topological polar surface area (TPSA) is 82.0 Å². The number of nitrogens with zero attached hydrogens (tertiary/aromatic N) is 2. The van der Waals surface area contributed by atoms with E-state index in [1.165, 1.54) is 12.5 Å². The van der Waals surface area contributed by atoms with Crippen LogP contribution in [0.15, 0.2) is 23.0 Å². The molecule has 0 bridgehead atoms. The number of carbonyl (C=O) groups is 1. The normalized spacial score (nSPS) is 10.3. The smallest absolute Gasteiger partial charge is 0.270 e. The van der Waals surface area contributed by atoms with Gasteiger partial charge in [0.25, 0.3) is 5.91 Å². The van der Waals surface area contributed by atoms with Crippen molar-refractivity contribution in [2.45, 2.75) is 0 Å². The van der Waals surface area contributed by atoms with Crippen molar-refractivity contribution in [1.82, 2.24) is 10.2 Å². The first-order chi connectivity index (χ1) is 5.79. The van der Waals surface area contributed by atoms with E-state index in [-0.39, 0.29) is 5.69 Å². The highest BCUT2D eigenvalue weighted by Gasteiger charge is 2.16. The zero-order valence-electron chi connectivity index (χ0n) is 6.02. The van der Waals surface area contributed by atoms with Crippen LogP contribution in [0.2, 0.25) is 0 Å². The fourth-order valence-corrected chi connectivity index (χ4v) is 0.965. The summed E-state index contributed by atoms with van der Waals surface area (Å²) in [5.74, 6) is -0.598. The fourth-order valence-electron chi connectivity index (χ4n) is 0.965. The van der Waals surface area contributed by atoms with Gasteiger partial charge in [-0.15, -0.1) is 10.2 Å². The Bertz CT molecular complexity index is 396. The Morgan fingerprint density at radius 1 is 1.50 bits per heavy atom. The summed E-state index contributed by atoms with van der Waals surface area (Å²) in [5, 5.41) is 7.34. The molecule has 0 saturated carbocycles. The van der Waals surface area contributed by atoms with Gasteiger partial charge in [-0.3, -0.25) is 4.79 Å². The Kier molecular flexibility index (Phi) is 1.30. The largest absolute Gasteiger partial charge is 0.472 e. The monoisotopic (exact) mass is 163 g/mol. The van der Waals surface area contributed by atoms with Gasteiger partial charge in [0.15, 0.2) is 5.69 Å². The minimum Gasteiger partial charge on any atom is -0.472 e. The van der Waals surface area contributed by atoms with E-state index in [0.29, 0.717) is 11.3 Å². The van der Waals surface area contributed by atoms with Crippen LogP contribution in [-0.4, -0.2) is 16.1 Å².